The van der Waals surface area contributed by atoms with E-state index in [2.05, 4.69) is 20.8 Å². The van der Waals surface area contributed by atoms with E-state index in [9.17, 15) is 9.59 Å². The Bertz CT molecular complexity index is 1440. The third-order valence-corrected chi connectivity index (χ3v) is 6.67. The van der Waals surface area contributed by atoms with E-state index < -0.39 is 0 Å². The smallest absolute Gasteiger partial charge is 0.251 e. The normalized spacial score (nSPS) is 10.7. The number of carbonyl (C=O) groups is 2. The number of hydrogen-bond acceptors (Lipinski definition) is 6. The fourth-order valence-corrected chi connectivity index (χ4v) is 4.55. The molecule has 1 aromatic heterocycles. The minimum Gasteiger partial charge on any atom is -0.497 e. The van der Waals surface area contributed by atoms with Crippen molar-refractivity contribution in [3.8, 4) is 11.4 Å². The molecule has 190 valence electrons. The van der Waals surface area contributed by atoms with E-state index in [0.717, 1.165) is 22.5 Å². The Morgan fingerprint density at radius 3 is 2.62 bits per heavy atom. The van der Waals surface area contributed by atoms with Crippen molar-refractivity contribution in [2.24, 2.45) is 0 Å². The molecule has 0 aliphatic carbocycles. The number of nitrogens with zero attached hydrogens (tertiary/aromatic N) is 3. The zero-order valence-electron chi connectivity index (χ0n) is 20.6. The van der Waals surface area contributed by atoms with Crippen molar-refractivity contribution in [1.29, 1.82) is 0 Å². The Morgan fingerprint density at radius 2 is 1.84 bits per heavy atom. The Labute approximate surface area is 224 Å². The number of aromatic nitrogens is 3. The lowest BCUT2D eigenvalue weighted by Crippen LogP contribution is -2.24. The zero-order chi connectivity index (χ0) is 26.4. The molecule has 0 spiro atoms. The van der Waals surface area contributed by atoms with Crippen LogP contribution in [0.5, 0.6) is 5.75 Å². The number of nitrogens with one attached hydrogen (secondary N) is 2. The number of thioether (sulfide) groups is 1. The summed E-state index contributed by atoms with van der Waals surface area (Å²) in [6.07, 6.45) is 0. The predicted molar refractivity (Wildman–Crippen MR) is 146 cm³/mol. The summed E-state index contributed by atoms with van der Waals surface area (Å²) in [6.45, 7) is 4.04. The van der Waals surface area contributed by atoms with Gasteiger partial charge in [-0.15, -0.1) is 10.2 Å². The van der Waals surface area contributed by atoms with Gasteiger partial charge in [0, 0.05) is 16.3 Å². The van der Waals surface area contributed by atoms with Gasteiger partial charge in [-0.25, -0.2) is 0 Å². The molecule has 37 heavy (non-hydrogen) atoms. The van der Waals surface area contributed by atoms with Crippen LogP contribution in [0.2, 0.25) is 5.02 Å². The molecule has 2 N–H and O–H groups in total. The van der Waals surface area contributed by atoms with E-state index in [-0.39, 0.29) is 24.1 Å². The third kappa shape index (κ3) is 6.69. The monoisotopic (exact) mass is 535 g/mol. The molecule has 1 heterocycles. The molecule has 0 saturated carbocycles. The van der Waals surface area contributed by atoms with Crippen molar-refractivity contribution in [3.05, 3.63) is 94.3 Å². The first-order valence-electron chi connectivity index (χ1n) is 11.5. The summed E-state index contributed by atoms with van der Waals surface area (Å²) in [6, 6.07) is 20.0. The number of hydrogen-bond donors (Lipinski definition) is 2. The van der Waals surface area contributed by atoms with E-state index in [1.165, 1.54) is 11.8 Å². The maximum Gasteiger partial charge on any atom is 0.251 e. The molecule has 0 saturated heterocycles. The molecule has 0 unspecified atom stereocenters. The minimum absolute atomic E-state index is 0.116. The summed E-state index contributed by atoms with van der Waals surface area (Å²) < 4.78 is 6.99. The van der Waals surface area contributed by atoms with Gasteiger partial charge < -0.3 is 15.4 Å². The molecule has 0 aliphatic rings. The average Bonchev–Trinajstić information content (AvgIpc) is 3.31. The Hall–Kier alpha value is -3.82. The van der Waals surface area contributed by atoms with Gasteiger partial charge in [0.15, 0.2) is 11.0 Å². The molecule has 2 amide bonds. The topological polar surface area (TPSA) is 98.1 Å². The Kier molecular flexibility index (Phi) is 8.47. The van der Waals surface area contributed by atoms with Crippen LogP contribution in [0.15, 0.2) is 71.9 Å². The number of methoxy groups -OCH3 is 1. The predicted octanol–water partition coefficient (Wildman–Crippen LogP) is 5.21. The van der Waals surface area contributed by atoms with Crippen LogP contribution in [0, 0.1) is 13.8 Å². The fourth-order valence-electron chi connectivity index (χ4n) is 3.60. The molecular formula is C27H26ClN5O3S. The molecule has 3 aromatic carbocycles. The summed E-state index contributed by atoms with van der Waals surface area (Å²) in [5, 5.41) is 15.5. The first kappa shape index (κ1) is 26.2. The van der Waals surface area contributed by atoms with Gasteiger partial charge in [-0.05, 0) is 67.4 Å². The molecule has 4 rings (SSSR count). The van der Waals surface area contributed by atoms with Gasteiger partial charge in [0.25, 0.3) is 5.91 Å². The van der Waals surface area contributed by atoms with Crippen LogP contribution in [0.1, 0.15) is 27.3 Å². The van der Waals surface area contributed by atoms with E-state index in [4.69, 9.17) is 16.3 Å². The Morgan fingerprint density at radius 1 is 1.03 bits per heavy atom. The van der Waals surface area contributed by atoms with Gasteiger partial charge in [0.05, 0.1) is 25.1 Å². The average molecular weight is 536 g/mol. The van der Waals surface area contributed by atoms with Crippen molar-refractivity contribution in [2.45, 2.75) is 25.5 Å². The summed E-state index contributed by atoms with van der Waals surface area (Å²) in [5.74, 6) is 0.778. The number of benzene rings is 3. The molecule has 8 nitrogen and oxygen atoms in total. The lowest BCUT2D eigenvalue weighted by Gasteiger charge is -2.12. The molecule has 0 aliphatic heterocycles. The van der Waals surface area contributed by atoms with E-state index >= 15 is 0 Å². The lowest BCUT2D eigenvalue weighted by atomic mass is 10.1. The van der Waals surface area contributed by atoms with Crippen LogP contribution in [-0.2, 0) is 11.3 Å². The van der Waals surface area contributed by atoms with E-state index in [0.29, 0.717) is 27.3 Å². The van der Waals surface area contributed by atoms with Crippen molar-refractivity contribution in [2.75, 3.05) is 18.2 Å². The van der Waals surface area contributed by atoms with Gasteiger partial charge >= 0.3 is 0 Å². The first-order chi connectivity index (χ1) is 17.8. The molecule has 0 radical (unpaired) electrons. The number of halogens is 1. The van der Waals surface area contributed by atoms with Crippen LogP contribution >= 0.6 is 23.4 Å². The van der Waals surface area contributed by atoms with Gasteiger partial charge in [-0.1, -0.05) is 47.6 Å². The Balaban J connectivity index is 1.51. The standard InChI is InChI=1S/C27H26ClN5O3S/c1-17-10-11-18(2)23(12-17)30-25(34)16-37-27-32-31-24(33(27)21-8-5-7-20(28)14-21)15-29-26(35)19-6-4-9-22(13-19)36-3/h4-14H,15-16H2,1-3H3,(H,29,35)(H,30,34). The minimum atomic E-state index is -0.276. The zero-order valence-corrected chi connectivity index (χ0v) is 22.2. The number of amides is 2. The molecule has 4 aromatic rings. The second-order valence-electron chi connectivity index (χ2n) is 8.28. The van der Waals surface area contributed by atoms with Crippen molar-refractivity contribution in [1.82, 2.24) is 20.1 Å². The summed E-state index contributed by atoms with van der Waals surface area (Å²) in [5.41, 5.74) is 4.02. The van der Waals surface area contributed by atoms with Gasteiger partial charge in [-0.2, -0.15) is 0 Å². The van der Waals surface area contributed by atoms with Crippen LogP contribution < -0.4 is 15.4 Å². The van der Waals surface area contributed by atoms with Crippen LogP contribution in [0.4, 0.5) is 5.69 Å². The van der Waals surface area contributed by atoms with Crippen LogP contribution in [0.25, 0.3) is 5.69 Å². The number of anilines is 1. The SMILES string of the molecule is COc1cccc(C(=O)NCc2nnc(SCC(=O)Nc3cc(C)ccc3C)n2-c2cccc(Cl)c2)c1. The number of aryl methyl sites for hydroxylation is 2. The third-order valence-electron chi connectivity index (χ3n) is 5.51. The second kappa shape index (κ2) is 11.9. The quantitative estimate of drug-likeness (QED) is 0.286. The highest BCUT2D eigenvalue weighted by Crippen LogP contribution is 2.25. The largest absolute Gasteiger partial charge is 0.497 e. The molecule has 0 bridgehead atoms. The van der Waals surface area contributed by atoms with Crippen molar-refractivity contribution >= 4 is 40.9 Å². The lowest BCUT2D eigenvalue weighted by molar-refractivity contribution is -0.113. The number of rotatable bonds is 9. The van der Waals surface area contributed by atoms with Crippen molar-refractivity contribution < 1.29 is 14.3 Å². The van der Waals surface area contributed by atoms with E-state index in [1.54, 1.807) is 48.1 Å². The number of ether oxygens (including phenoxy) is 1. The summed E-state index contributed by atoms with van der Waals surface area (Å²) >= 11 is 7.49. The van der Waals surface area contributed by atoms with Crippen LogP contribution in [-0.4, -0.2) is 39.4 Å². The molecule has 0 atom stereocenters. The van der Waals surface area contributed by atoms with E-state index in [1.807, 2.05) is 44.2 Å². The first-order valence-corrected chi connectivity index (χ1v) is 12.8. The molecular weight excluding hydrogens is 510 g/mol. The fraction of sp³-hybridized carbons (Fsp3) is 0.185. The van der Waals surface area contributed by atoms with Gasteiger partial charge in [0.1, 0.15) is 5.75 Å². The molecule has 0 fully saturated rings. The van der Waals surface area contributed by atoms with Crippen LogP contribution in [0.3, 0.4) is 0 Å². The summed E-state index contributed by atoms with van der Waals surface area (Å²) in [4.78, 5) is 25.4. The maximum atomic E-state index is 12.7. The highest BCUT2D eigenvalue weighted by Gasteiger charge is 2.18. The maximum absolute atomic E-state index is 12.7. The molecule has 10 heteroatoms. The second-order valence-corrected chi connectivity index (χ2v) is 9.66. The highest BCUT2D eigenvalue weighted by molar-refractivity contribution is 7.99. The van der Waals surface area contributed by atoms with Gasteiger partial charge in [-0.3, -0.25) is 14.2 Å². The van der Waals surface area contributed by atoms with Gasteiger partial charge in [0.2, 0.25) is 5.91 Å². The van der Waals surface area contributed by atoms with Crippen molar-refractivity contribution in [3.63, 3.8) is 0 Å². The highest BCUT2D eigenvalue weighted by atomic mass is 35.5. The number of carbonyl (C=O) groups excluding carboxylic acids is 2. The summed E-state index contributed by atoms with van der Waals surface area (Å²) in [7, 11) is 1.55.